The second-order valence-corrected chi connectivity index (χ2v) is 11.7. The molecule has 2 aromatic carbocycles. The van der Waals surface area contributed by atoms with Crippen molar-refractivity contribution in [2.24, 2.45) is 0 Å². The van der Waals surface area contributed by atoms with E-state index in [1.165, 1.54) is 6.42 Å². The van der Waals surface area contributed by atoms with Crippen LogP contribution in [0.3, 0.4) is 0 Å². The highest BCUT2D eigenvalue weighted by Gasteiger charge is 2.43. The number of aromatic nitrogens is 2. The summed E-state index contributed by atoms with van der Waals surface area (Å²) in [6.45, 7) is 8.51. The maximum Gasteiger partial charge on any atom is 0.410 e. The van der Waals surface area contributed by atoms with Gasteiger partial charge >= 0.3 is 6.09 Å². The molecule has 1 saturated heterocycles. The van der Waals surface area contributed by atoms with Crippen molar-refractivity contribution >= 4 is 23.4 Å². The molecule has 6 rings (SSSR count). The van der Waals surface area contributed by atoms with Gasteiger partial charge in [-0.15, -0.1) is 0 Å². The molecule has 3 aliphatic rings. The van der Waals surface area contributed by atoms with Gasteiger partial charge in [0.1, 0.15) is 11.4 Å². The summed E-state index contributed by atoms with van der Waals surface area (Å²) in [5.41, 5.74) is 4.33. The molecule has 0 unspecified atom stereocenters. The lowest BCUT2D eigenvalue weighted by atomic mass is 9.78. The number of para-hydroxylation sites is 1. The number of nitrogens with one attached hydrogen (secondary N) is 1. The zero-order valence-electron chi connectivity index (χ0n) is 23.1. The van der Waals surface area contributed by atoms with E-state index in [-0.39, 0.29) is 11.7 Å². The molecule has 8 nitrogen and oxygen atoms in total. The molecule has 2 fully saturated rings. The maximum atomic E-state index is 12.4. The van der Waals surface area contributed by atoms with Crippen LogP contribution >= 0.6 is 0 Å². The van der Waals surface area contributed by atoms with Crippen LogP contribution in [0.15, 0.2) is 54.7 Å². The molecule has 3 aromatic rings. The maximum absolute atomic E-state index is 12.4. The van der Waals surface area contributed by atoms with Gasteiger partial charge in [0, 0.05) is 54.9 Å². The number of nitrogens with zero attached hydrogens (tertiary/aromatic N) is 4. The zero-order chi connectivity index (χ0) is 27.0. The average molecular weight is 528 g/mol. The fourth-order valence-electron chi connectivity index (χ4n) is 5.84. The third-order valence-corrected chi connectivity index (χ3v) is 7.78. The number of carbonyl (C=O) groups excluding carboxylic acids is 1. The van der Waals surface area contributed by atoms with Crippen molar-refractivity contribution in [1.82, 2.24) is 14.9 Å². The fraction of sp³-hybridized carbons (Fsp3) is 0.452. The van der Waals surface area contributed by atoms with Crippen molar-refractivity contribution < 1.29 is 14.3 Å². The lowest BCUT2D eigenvalue weighted by Crippen LogP contribution is -2.50. The quantitative estimate of drug-likeness (QED) is 0.417. The van der Waals surface area contributed by atoms with E-state index in [4.69, 9.17) is 14.5 Å². The Morgan fingerprint density at radius 2 is 1.67 bits per heavy atom. The number of piperazine rings is 1. The van der Waals surface area contributed by atoms with E-state index < -0.39 is 5.60 Å². The Labute approximate surface area is 230 Å². The molecule has 0 atom stereocenters. The van der Waals surface area contributed by atoms with Crippen LogP contribution in [0.5, 0.6) is 5.75 Å². The Kier molecular flexibility index (Phi) is 6.57. The SMILES string of the molecule is CC(C)(C)OC(=O)N1CCN(c2ccc(Nc3ncc4c(n3)C3(CCCCC3)Oc3ccccc3-4)cc2)CC1. The molecule has 0 bridgehead atoms. The van der Waals surface area contributed by atoms with Crippen LogP contribution in [0, 0.1) is 0 Å². The Morgan fingerprint density at radius 3 is 2.38 bits per heavy atom. The monoisotopic (exact) mass is 527 g/mol. The van der Waals surface area contributed by atoms with E-state index >= 15 is 0 Å². The van der Waals surface area contributed by atoms with Crippen molar-refractivity contribution in [1.29, 1.82) is 0 Å². The van der Waals surface area contributed by atoms with E-state index in [0.717, 1.165) is 72.7 Å². The highest BCUT2D eigenvalue weighted by molar-refractivity contribution is 5.75. The minimum absolute atomic E-state index is 0.240. The first-order valence-corrected chi connectivity index (χ1v) is 14.1. The molecule has 1 amide bonds. The van der Waals surface area contributed by atoms with Crippen LogP contribution in [0.25, 0.3) is 11.1 Å². The highest BCUT2D eigenvalue weighted by atomic mass is 16.6. The van der Waals surface area contributed by atoms with Crippen molar-refractivity contribution in [2.45, 2.75) is 64.1 Å². The van der Waals surface area contributed by atoms with Gasteiger partial charge in [-0.1, -0.05) is 24.6 Å². The van der Waals surface area contributed by atoms with Crippen molar-refractivity contribution in [3.05, 3.63) is 60.4 Å². The summed E-state index contributed by atoms with van der Waals surface area (Å²) in [5.74, 6) is 1.51. The molecule has 2 aliphatic heterocycles. The largest absolute Gasteiger partial charge is 0.480 e. The number of hydrogen-bond donors (Lipinski definition) is 1. The second kappa shape index (κ2) is 10.1. The van der Waals surface area contributed by atoms with Gasteiger partial charge < -0.3 is 24.6 Å². The predicted molar refractivity (Wildman–Crippen MR) is 153 cm³/mol. The normalized spacial score (nSPS) is 18.1. The number of ether oxygens (including phenoxy) is 2. The summed E-state index contributed by atoms with van der Waals surface area (Å²) >= 11 is 0. The number of fused-ring (bicyclic) bond motifs is 4. The summed E-state index contributed by atoms with van der Waals surface area (Å²) in [6.07, 6.45) is 7.17. The molecule has 1 spiro atoms. The second-order valence-electron chi connectivity index (χ2n) is 11.7. The van der Waals surface area contributed by atoms with Gasteiger partial charge in [0.15, 0.2) is 5.60 Å². The highest BCUT2D eigenvalue weighted by Crippen LogP contribution is 2.50. The van der Waals surface area contributed by atoms with Crippen LogP contribution in [0.1, 0.15) is 58.6 Å². The summed E-state index contributed by atoms with van der Waals surface area (Å²) < 4.78 is 12.2. The van der Waals surface area contributed by atoms with E-state index in [9.17, 15) is 4.79 Å². The minimum Gasteiger partial charge on any atom is -0.480 e. The first-order chi connectivity index (χ1) is 18.8. The number of benzene rings is 2. The Morgan fingerprint density at radius 1 is 0.949 bits per heavy atom. The van der Waals surface area contributed by atoms with E-state index in [1.54, 1.807) is 4.90 Å². The lowest BCUT2D eigenvalue weighted by molar-refractivity contribution is 0.0197. The summed E-state index contributed by atoms with van der Waals surface area (Å²) in [7, 11) is 0. The van der Waals surface area contributed by atoms with Crippen LogP contribution in [-0.2, 0) is 10.3 Å². The Bertz CT molecular complexity index is 1340. The van der Waals surface area contributed by atoms with Gasteiger partial charge in [0.25, 0.3) is 0 Å². The summed E-state index contributed by atoms with van der Waals surface area (Å²) in [5, 5.41) is 3.41. The van der Waals surface area contributed by atoms with E-state index in [2.05, 4.69) is 51.6 Å². The van der Waals surface area contributed by atoms with E-state index in [0.29, 0.717) is 19.0 Å². The van der Waals surface area contributed by atoms with Crippen molar-refractivity contribution in [3.8, 4) is 16.9 Å². The van der Waals surface area contributed by atoms with Gasteiger partial charge in [0.2, 0.25) is 5.95 Å². The average Bonchev–Trinajstić information content (AvgIpc) is 2.93. The van der Waals surface area contributed by atoms with Crippen LogP contribution in [0.2, 0.25) is 0 Å². The van der Waals surface area contributed by atoms with Crippen molar-refractivity contribution in [2.75, 3.05) is 36.4 Å². The minimum atomic E-state index is -0.479. The van der Waals surface area contributed by atoms with Crippen LogP contribution in [0.4, 0.5) is 22.1 Å². The fourth-order valence-corrected chi connectivity index (χ4v) is 5.84. The third kappa shape index (κ3) is 5.24. The molecular weight excluding hydrogens is 490 g/mol. The predicted octanol–water partition coefficient (Wildman–Crippen LogP) is 6.50. The molecule has 8 heteroatoms. The molecule has 3 heterocycles. The van der Waals surface area contributed by atoms with Crippen molar-refractivity contribution in [3.63, 3.8) is 0 Å². The van der Waals surface area contributed by atoms with Crippen LogP contribution < -0.4 is 15.0 Å². The van der Waals surface area contributed by atoms with Gasteiger partial charge in [0.05, 0.1) is 5.69 Å². The molecular formula is C31H37N5O3. The number of amides is 1. The Balaban J connectivity index is 1.15. The third-order valence-electron chi connectivity index (χ3n) is 7.78. The molecule has 0 radical (unpaired) electrons. The lowest BCUT2D eigenvalue weighted by Gasteiger charge is -2.41. The molecule has 1 N–H and O–H groups in total. The van der Waals surface area contributed by atoms with Gasteiger partial charge in [-0.05, 0) is 76.8 Å². The number of carbonyl (C=O) groups is 1. The molecule has 1 aliphatic carbocycles. The van der Waals surface area contributed by atoms with Gasteiger partial charge in [-0.2, -0.15) is 0 Å². The van der Waals surface area contributed by atoms with E-state index in [1.807, 2.05) is 39.1 Å². The summed E-state index contributed by atoms with van der Waals surface area (Å²) in [4.78, 5) is 26.2. The van der Waals surface area contributed by atoms with Gasteiger partial charge in [-0.3, -0.25) is 0 Å². The first-order valence-electron chi connectivity index (χ1n) is 14.1. The standard InChI is InChI=1S/C31H37N5O3/c1-30(2,3)39-29(37)36-19-17-35(18-20-36)23-13-11-22(12-14-23)33-28-32-21-25-24-9-5-6-10-26(24)38-31(27(25)34-28)15-7-4-8-16-31/h5-6,9-14,21H,4,7-8,15-20H2,1-3H3,(H,32,33,34). The molecule has 39 heavy (non-hydrogen) atoms. The molecule has 1 aromatic heterocycles. The number of rotatable bonds is 3. The molecule has 204 valence electrons. The topological polar surface area (TPSA) is 79.8 Å². The van der Waals surface area contributed by atoms with Crippen LogP contribution in [-0.4, -0.2) is 52.7 Å². The number of anilines is 3. The smallest absolute Gasteiger partial charge is 0.410 e. The van der Waals surface area contributed by atoms with Gasteiger partial charge in [-0.25, -0.2) is 14.8 Å². The Hall–Kier alpha value is -3.81. The first kappa shape index (κ1) is 25.5. The molecule has 1 saturated carbocycles. The zero-order valence-corrected chi connectivity index (χ0v) is 23.1. The summed E-state index contributed by atoms with van der Waals surface area (Å²) in [6, 6.07) is 16.5. The number of hydrogen-bond acceptors (Lipinski definition) is 7.